The molecular weight excluding hydrogens is 139 g/mol. The molecule has 0 saturated carbocycles. The Morgan fingerprint density at radius 3 is 2.55 bits per heavy atom. The van der Waals surface area contributed by atoms with E-state index in [4.69, 9.17) is 9.68 Å². The highest BCUT2D eigenvalue weighted by molar-refractivity contribution is 6.17. The summed E-state index contributed by atoms with van der Waals surface area (Å²) in [7, 11) is 0.685. The maximum atomic E-state index is 8.33. The number of hydrogen-bond donors (Lipinski definition) is 1. The van der Waals surface area contributed by atoms with Crippen LogP contribution in [0, 0.1) is 13.8 Å². The molecule has 0 bridgehead atoms. The Morgan fingerprint density at radius 1 is 1.27 bits per heavy atom. The lowest BCUT2D eigenvalue weighted by atomic mass is 10.1. The van der Waals surface area contributed by atoms with Crippen molar-refractivity contribution in [2.24, 2.45) is 0 Å². The van der Waals surface area contributed by atoms with Gasteiger partial charge in [-0.05, 0) is 37.1 Å². The van der Waals surface area contributed by atoms with Crippen LogP contribution in [0.5, 0.6) is 5.75 Å². The molecule has 2 nitrogen and oxygen atoms in total. The Hall–Kier alpha value is -0.955. The average Bonchev–Trinajstić information content (AvgIpc) is 1.98. The summed E-state index contributed by atoms with van der Waals surface area (Å²) in [5.41, 5.74) is 2.37. The molecule has 0 unspecified atom stereocenters. The minimum atomic E-state index is 0.663. The van der Waals surface area contributed by atoms with Crippen molar-refractivity contribution in [3.63, 3.8) is 0 Å². The van der Waals surface area contributed by atoms with E-state index >= 15 is 0 Å². The number of hydrogen-bond acceptors (Lipinski definition) is 2. The molecule has 1 aromatic rings. The van der Waals surface area contributed by atoms with Gasteiger partial charge in [0.2, 0.25) is 0 Å². The molecule has 0 aliphatic rings. The monoisotopic (exact) mass is 149 g/mol. The third-order valence-corrected chi connectivity index (χ3v) is 1.67. The molecule has 3 heteroatoms. The van der Waals surface area contributed by atoms with Crippen LogP contribution in [0.3, 0.4) is 0 Å². The lowest BCUT2D eigenvalue weighted by molar-refractivity contribution is 0.453. The highest BCUT2D eigenvalue weighted by atomic mass is 16.5. The first kappa shape index (κ1) is 8.14. The van der Waals surface area contributed by atoms with E-state index in [9.17, 15) is 0 Å². The van der Waals surface area contributed by atoms with Crippen LogP contribution in [-0.4, -0.2) is 12.7 Å². The Morgan fingerprint density at radius 2 is 2.00 bits per heavy atom. The number of aryl methyl sites for hydroxylation is 2. The quantitative estimate of drug-likeness (QED) is 0.640. The average molecular weight is 149 g/mol. The molecule has 1 aromatic carbocycles. The third-order valence-electron chi connectivity index (χ3n) is 1.67. The molecule has 1 radical (unpaired) electrons. The zero-order valence-electron chi connectivity index (χ0n) is 6.66. The van der Waals surface area contributed by atoms with Crippen LogP contribution in [0.1, 0.15) is 11.1 Å². The van der Waals surface area contributed by atoms with E-state index in [1.165, 1.54) is 5.56 Å². The summed E-state index contributed by atoms with van der Waals surface area (Å²) in [6.07, 6.45) is 0. The minimum Gasteiger partial charge on any atom is -0.537 e. The van der Waals surface area contributed by atoms with E-state index in [1.54, 1.807) is 0 Å². The fourth-order valence-corrected chi connectivity index (χ4v) is 0.848. The van der Waals surface area contributed by atoms with Gasteiger partial charge in [-0.3, -0.25) is 0 Å². The topological polar surface area (TPSA) is 29.5 Å². The molecule has 57 valence electrons. The first-order valence-electron chi connectivity index (χ1n) is 3.44. The van der Waals surface area contributed by atoms with E-state index in [1.807, 2.05) is 32.0 Å². The highest BCUT2D eigenvalue weighted by Gasteiger charge is 1.96. The minimum absolute atomic E-state index is 0.663. The summed E-state index contributed by atoms with van der Waals surface area (Å²) in [5.74, 6) is 0.663. The van der Waals surface area contributed by atoms with Crippen molar-refractivity contribution in [2.45, 2.75) is 13.8 Å². The zero-order chi connectivity index (χ0) is 8.27. The van der Waals surface area contributed by atoms with Crippen LogP contribution in [0.4, 0.5) is 0 Å². The second-order valence-electron chi connectivity index (χ2n) is 2.47. The second kappa shape index (κ2) is 3.44. The summed E-state index contributed by atoms with van der Waals surface area (Å²) in [6.45, 7) is 4.03. The molecule has 0 amide bonds. The first-order valence-corrected chi connectivity index (χ1v) is 3.44. The van der Waals surface area contributed by atoms with Crippen LogP contribution in [-0.2, 0) is 0 Å². The molecule has 0 atom stereocenters. The summed E-state index contributed by atoms with van der Waals surface area (Å²) in [5, 5.41) is 8.33. The van der Waals surface area contributed by atoms with Gasteiger partial charge in [-0.15, -0.1) is 0 Å². The lowest BCUT2D eigenvalue weighted by Gasteiger charge is -2.03. The highest BCUT2D eigenvalue weighted by Crippen LogP contribution is 2.15. The van der Waals surface area contributed by atoms with Crippen molar-refractivity contribution in [1.29, 1.82) is 0 Å². The van der Waals surface area contributed by atoms with E-state index in [0.717, 1.165) is 5.56 Å². The van der Waals surface area contributed by atoms with Crippen LogP contribution in [0.15, 0.2) is 18.2 Å². The van der Waals surface area contributed by atoms with Crippen molar-refractivity contribution in [3.05, 3.63) is 29.3 Å². The SMILES string of the molecule is Cc1ccc(O[B]O)cc1C. The summed E-state index contributed by atoms with van der Waals surface area (Å²) >= 11 is 0. The normalized spacial score (nSPS) is 9.36. The molecule has 0 spiro atoms. The number of benzene rings is 1. The molecule has 0 heterocycles. The zero-order valence-corrected chi connectivity index (χ0v) is 6.66. The van der Waals surface area contributed by atoms with E-state index in [0.29, 0.717) is 13.4 Å². The largest absolute Gasteiger partial charge is 0.569 e. The molecular formula is C8H10BO2. The van der Waals surface area contributed by atoms with E-state index < -0.39 is 0 Å². The molecule has 1 rings (SSSR count). The van der Waals surface area contributed by atoms with Crippen LogP contribution in [0.25, 0.3) is 0 Å². The summed E-state index contributed by atoms with van der Waals surface area (Å²) in [6, 6.07) is 5.64. The number of rotatable bonds is 2. The van der Waals surface area contributed by atoms with Gasteiger partial charge in [-0.25, -0.2) is 0 Å². The van der Waals surface area contributed by atoms with Gasteiger partial charge in [0.05, 0.1) is 0 Å². The van der Waals surface area contributed by atoms with Crippen LogP contribution >= 0.6 is 0 Å². The first-order chi connectivity index (χ1) is 5.24. The molecule has 0 fully saturated rings. The molecule has 11 heavy (non-hydrogen) atoms. The predicted molar refractivity (Wildman–Crippen MR) is 44.5 cm³/mol. The van der Waals surface area contributed by atoms with Crippen molar-refractivity contribution < 1.29 is 9.68 Å². The van der Waals surface area contributed by atoms with Gasteiger partial charge >= 0.3 is 7.69 Å². The lowest BCUT2D eigenvalue weighted by Crippen LogP contribution is -1.99. The Bertz CT molecular complexity index is 248. The van der Waals surface area contributed by atoms with Crippen molar-refractivity contribution in [3.8, 4) is 5.75 Å². The summed E-state index contributed by atoms with van der Waals surface area (Å²) in [4.78, 5) is 0. The van der Waals surface area contributed by atoms with E-state index in [-0.39, 0.29) is 0 Å². The van der Waals surface area contributed by atoms with Crippen molar-refractivity contribution >= 4 is 7.69 Å². The Kier molecular flexibility index (Phi) is 2.55. The van der Waals surface area contributed by atoms with Crippen molar-refractivity contribution in [1.82, 2.24) is 0 Å². The smallest absolute Gasteiger partial charge is 0.537 e. The Balaban J connectivity index is 2.86. The standard InChI is InChI=1S/C8H10BO2/c1-6-3-4-8(11-9-10)5-7(6)2/h3-5,10H,1-2H3. The van der Waals surface area contributed by atoms with Gasteiger partial charge in [0, 0.05) is 0 Å². The van der Waals surface area contributed by atoms with Crippen LogP contribution < -0.4 is 4.65 Å². The van der Waals surface area contributed by atoms with E-state index in [2.05, 4.69) is 0 Å². The summed E-state index contributed by atoms with van der Waals surface area (Å²) < 4.78 is 4.77. The van der Waals surface area contributed by atoms with Gasteiger partial charge < -0.3 is 9.68 Å². The van der Waals surface area contributed by atoms with Crippen molar-refractivity contribution in [2.75, 3.05) is 0 Å². The predicted octanol–water partition coefficient (Wildman–Crippen LogP) is 1.21. The Labute approximate surface area is 67.1 Å². The van der Waals surface area contributed by atoms with Gasteiger partial charge in [0.1, 0.15) is 5.75 Å². The molecule has 0 aromatic heterocycles. The van der Waals surface area contributed by atoms with Gasteiger partial charge in [-0.1, -0.05) is 6.07 Å². The van der Waals surface area contributed by atoms with Gasteiger partial charge in [0.25, 0.3) is 0 Å². The third kappa shape index (κ3) is 1.98. The van der Waals surface area contributed by atoms with Crippen LogP contribution in [0.2, 0.25) is 0 Å². The van der Waals surface area contributed by atoms with Gasteiger partial charge in [-0.2, -0.15) is 0 Å². The molecule has 0 aliphatic carbocycles. The molecule has 1 N–H and O–H groups in total. The molecule has 0 aliphatic heterocycles. The maximum absolute atomic E-state index is 8.33. The second-order valence-corrected chi connectivity index (χ2v) is 2.47. The maximum Gasteiger partial charge on any atom is 0.569 e. The van der Waals surface area contributed by atoms with Gasteiger partial charge in [0.15, 0.2) is 0 Å². The fourth-order valence-electron chi connectivity index (χ4n) is 0.848. The molecule has 0 saturated heterocycles. The fraction of sp³-hybridized carbons (Fsp3) is 0.250.